The molecule has 0 saturated carbocycles. The number of nitrogens with one attached hydrogen (secondary N) is 1. The summed E-state index contributed by atoms with van der Waals surface area (Å²) in [5.41, 5.74) is 3.84. The number of rotatable bonds is 7. The molecule has 0 spiro atoms. The van der Waals surface area contributed by atoms with Crippen LogP contribution >= 0.6 is 34.4 Å². The average molecular weight is 477 g/mol. The quantitative estimate of drug-likeness (QED) is 0.393. The molecule has 1 aliphatic rings. The van der Waals surface area contributed by atoms with Crippen LogP contribution in [-0.4, -0.2) is 39.5 Å². The predicted molar refractivity (Wildman–Crippen MR) is 126 cm³/mol. The van der Waals surface area contributed by atoms with Crippen molar-refractivity contribution in [2.75, 3.05) is 18.2 Å². The number of carbonyl (C=O) groups excluding carboxylic acids is 2. The number of aryl methyl sites for hydroxylation is 2. The lowest BCUT2D eigenvalue weighted by molar-refractivity contribution is -0.113. The number of hydrogen-bond donors (Lipinski definition) is 1. The van der Waals surface area contributed by atoms with E-state index in [2.05, 4.69) is 34.7 Å². The van der Waals surface area contributed by atoms with E-state index >= 15 is 0 Å². The van der Waals surface area contributed by atoms with E-state index < -0.39 is 0 Å². The fourth-order valence-corrected chi connectivity index (χ4v) is 6.68. The minimum atomic E-state index is -0.390. The molecule has 0 fully saturated rings. The smallest absolute Gasteiger partial charge is 0.341 e. The molecule has 0 radical (unpaired) electrons. The van der Waals surface area contributed by atoms with E-state index in [1.165, 1.54) is 45.5 Å². The second kappa shape index (κ2) is 9.13. The minimum Gasteiger partial charge on any atom is -0.465 e. The molecule has 1 aliphatic carbocycles. The summed E-state index contributed by atoms with van der Waals surface area (Å²) >= 11 is 4.53. The molecule has 31 heavy (non-hydrogen) atoms. The van der Waals surface area contributed by atoms with Crippen molar-refractivity contribution in [3.63, 3.8) is 0 Å². The van der Waals surface area contributed by atoms with Gasteiger partial charge in [-0.2, -0.15) is 0 Å². The van der Waals surface area contributed by atoms with E-state index in [0.717, 1.165) is 36.2 Å². The third kappa shape index (κ3) is 4.16. The van der Waals surface area contributed by atoms with Crippen LogP contribution in [0.5, 0.6) is 0 Å². The van der Waals surface area contributed by atoms with E-state index in [0.29, 0.717) is 22.3 Å². The number of thioether (sulfide) groups is 1. The van der Waals surface area contributed by atoms with E-state index in [1.54, 1.807) is 11.3 Å². The number of amides is 1. The predicted octanol–water partition coefficient (Wildman–Crippen LogP) is 4.71. The minimum absolute atomic E-state index is 0.176. The normalized spacial score (nSPS) is 12.8. The SMILES string of the molecule is CCn1c(SCC(=O)Nc2sc3c(c2C(=O)OC)CCC3)nnc1-c1csc(C)c1C. The Bertz CT molecular complexity index is 1150. The van der Waals surface area contributed by atoms with Gasteiger partial charge in [-0.3, -0.25) is 4.79 Å². The molecule has 1 amide bonds. The molecule has 164 valence electrons. The largest absolute Gasteiger partial charge is 0.465 e. The highest BCUT2D eigenvalue weighted by Crippen LogP contribution is 2.39. The van der Waals surface area contributed by atoms with Crippen LogP contribution in [-0.2, 0) is 28.9 Å². The van der Waals surface area contributed by atoms with Crippen molar-refractivity contribution in [3.05, 3.63) is 31.8 Å². The molecule has 10 heteroatoms. The van der Waals surface area contributed by atoms with Crippen LogP contribution in [0.15, 0.2) is 10.5 Å². The van der Waals surface area contributed by atoms with Crippen LogP contribution in [0.25, 0.3) is 11.4 Å². The number of ether oxygens (including phenoxy) is 1. The molecule has 0 bridgehead atoms. The van der Waals surface area contributed by atoms with Crippen molar-refractivity contribution >= 4 is 51.3 Å². The Morgan fingerprint density at radius 3 is 2.77 bits per heavy atom. The number of thiophene rings is 2. The van der Waals surface area contributed by atoms with Crippen LogP contribution in [0, 0.1) is 13.8 Å². The summed E-state index contributed by atoms with van der Waals surface area (Å²) in [5.74, 6) is 0.446. The van der Waals surface area contributed by atoms with Crippen LogP contribution in [0.2, 0.25) is 0 Å². The van der Waals surface area contributed by atoms with Crippen LogP contribution in [0.4, 0.5) is 5.00 Å². The van der Waals surface area contributed by atoms with Crippen molar-refractivity contribution in [2.24, 2.45) is 0 Å². The summed E-state index contributed by atoms with van der Waals surface area (Å²) in [6, 6.07) is 0. The maximum Gasteiger partial charge on any atom is 0.341 e. The van der Waals surface area contributed by atoms with Crippen molar-refractivity contribution in [3.8, 4) is 11.4 Å². The van der Waals surface area contributed by atoms with E-state index in [1.807, 2.05) is 11.5 Å². The standard InChI is InChI=1S/C21H24N4O3S3/c1-5-25-18(14-9-29-12(3)11(14)2)23-24-21(25)30-10-16(26)22-19-17(20(27)28-4)13-7-6-8-15(13)31-19/h9H,5-8,10H2,1-4H3,(H,22,26). The van der Waals surface area contributed by atoms with Gasteiger partial charge in [-0.1, -0.05) is 11.8 Å². The summed E-state index contributed by atoms with van der Waals surface area (Å²) in [5, 5.41) is 15.0. The molecule has 0 atom stereocenters. The number of anilines is 1. The Kier molecular flexibility index (Phi) is 6.49. The number of nitrogens with zero attached hydrogens (tertiary/aromatic N) is 3. The number of methoxy groups -OCH3 is 1. The fourth-order valence-electron chi connectivity index (χ4n) is 3.72. The first-order valence-electron chi connectivity index (χ1n) is 10.1. The maximum absolute atomic E-state index is 12.7. The Balaban J connectivity index is 1.48. The van der Waals surface area contributed by atoms with Gasteiger partial charge in [0.2, 0.25) is 5.91 Å². The highest BCUT2D eigenvalue weighted by atomic mass is 32.2. The molecule has 0 unspecified atom stereocenters. The third-order valence-corrected chi connectivity index (χ3v) is 8.64. The zero-order chi connectivity index (χ0) is 22.1. The van der Waals surface area contributed by atoms with Crippen molar-refractivity contribution < 1.29 is 14.3 Å². The van der Waals surface area contributed by atoms with Gasteiger partial charge in [-0.05, 0) is 51.2 Å². The molecule has 3 aromatic heterocycles. The molecule has 3 heterocycles. The average Bonchev–Trinajstić information content (AvgIpc) is 3.50. The van der Waals surface area contributed by atoms with Gasteiger partial charge >= 0.3 is 5.97 Å². The van der Waals surface area contributed by atoms with E-state index in [9.17, 15) is 9.59 Å². The lowest BCUT2D eigenvalue weighted by atomic mass is 10.1. The van der Waals surface area contributed by atoms with Gasteiger partial charge in [0, 0.05) is 27.2 Å². The number of fused-ring (bicyclic) bond motifs is 1. The first-order valence-corrected chi connectivity index (χ1v) is 12.8. The zero-order valence-electron chi connectivity index (χ0n) is 17.9. The molecule has 3 aromatic rings. The second-order valence-electron chi connectivity index (χ2n) is 7.27. The Labute approximate surface area is 193 Å². The van der Waals surface area contributed by atoms with Gasteiger partial charge in [0.15, 0.2) is 11.0 Å². The molecule has 0 aliphatic heterocycles. The highest BCUT2D eigenvalue weighted by molar-refractivity contribution is 7.99. The fraction of sp³-hybridized carbons (Fsp3) is 0.429. The Hall–Kier alpha value is -2.17. The molecule has 1 N–H and O–H groups in total. The van der Waals surface area contributed by atoms with Crippen LogP contribution in [0.1, 0.15) is 44.6 Å². The van der Waals surface area contributed by atoms with E-state index in [-0.39, 0.29) is 17.6 Å². The summed E-state index contributed by atoms with van der Waals surface area (Å²) in [6.45, 7) is 6.94. The molecule has 7 nitrogen and oxygen atoms in total. The van der Waals surface area contributed by atoms with Crippen LogP contribution in [0.3, 0.4) is 0 Å². The summed E-state index contributed by atoms with van der Waals surface area (Å²) < 4.78 is 6.98. The zero-order valence-corrected chi connectivity index (χ0v) is 20.4. The summed E-state index contributed by atoms with van der Waals surface area (Å²) in [4.78, 5) is 27.4. The molecule has 4 rings (SSSR count). The Morgan fingerprint density at radius 2 is 2.10 bits per heavy atom. The second-order valence-corrected chi connectivity index (χ2v) is 10.4. The van der Waals surface area contributed by atoms with Gasteiger partial charge in [-0.25, -0.2) is 4.79 Å². The van der Waals surface area contributed by atoms with Gasteiger partial charge in [0.25, 0.3) is 0 Å². The molecular formula is C21H24N4O3S3. The number of hydrogen-bond acceptors (Lipinski definition) is 8. The van der Waals surface area contributed by atoms with E-state index in [4.69, 9.17) is 4.74 Å². The van der Waals surface area contributed by atoms with Gasteiger partial charge in [0.05, 0.1) is 18.4 Å². The monoisotopic (exact) mass is 476 g/mol. The lowest BCUT2D eigenvalue weighted by Crippen LogP contribution is -2.16. The van der Waals surface area contributed by atoms with Crippen molar-refractivity contribution in [1.82, 2.24) is 14.8 Å². The van der Waals surface area contributed by atoms with Gasteiger partial charge < -0.3 is 14.6 Å². The van der Waals surface area contributed by atoms with Gasteiger partial charge in [-0.15, -0.1) is 32.9 Å². The first-order chi connectivity index (χ1) is 14.9. The number of carbonyl (C=O) groups is 2. The molecular weight excluding hydrogens is 452 g/mol. The van der Waals surface area contributed by atoms with Crippen molar-refractivity contribution in [1.29, 1.82) is 0 Å². The summed E-state index contributed by atoms with van der Waals surface area (Å²) in [7, 11) is 1.37. The Morgan fingerprint density at radius 1 is 1.29 bits per heavy atom. The topological polar surface area (TPSA) is 86.1 Å². The lowest BCUT2D eigenvalue weighted by Gasteiger charge is -2.08. The van der Waals surface area contributed by atoms with Crippen molar-refractivity contribution in [2.45, 2.75) is 51.7 Å². The molecule has 0 saturated heterocycles. The van der Waals surface area contributed by atoms with Crippen LogP contribution < -0.4 is 5.32 Å². The summed E-state index contributed by atoms with van der Waals surface area (Å²) in [6.07, 6.45) is 2.83. The van der Waals surface area contributed by atoms with Gasteiger partial charge in [0.1, 0.15) is 5.00 Å². The number of aromatic nitrogens is 3. The highest BCUT2D eigenvalue weighted by Gasteiger charge is 2.28. The molecule has 0 aromatic carbocycles. The number of esters is 1. The maximum atomic E-state index is 12.7. The third-order valence-electron chi connectivity index (χ3n) is 5.46. The first kappa shape index (κ1) is 22.0.